The second-order valence-electron chi connectivity index (χ2n) is 4.62. The Morgan fingerprint density at radius 3 is 3.11 bits per heavy atom. The Balaban J connectivity index is 2.00. The van der Waals surface area contributed by atoms with Gasteiger partial charge in [0.25, 0.3) is 0 Å². The maximum atomic E-state index is 11.4. The zero-order valence-electron chi connectivity index (χ0n) is 11.3. The summed E-state index contributed by atoms with van der Waals surface area (Å²) >= 11 is 1.92. The SMILES string of the molecule is COC(=O)c1nccc(NC2CCCC(SC)C2)n1. The van der Waals surface area contributed by atoms with E-state index in [2.05, 4.69) is 26.3 Å². The van der Waals surface area contributed by atoms with Gasteiger partial charge in [0.15, 0.2) is 0 Å². The lowest BCUT2D eigenvalue weighted by molar-refractivity contribution is 0.0587. The first-order valence-electron chi connectivity index (χ1n) is 6.43. The molecule has 0 radical (unpaired) electrons. The highest BCUT2D eigenvalue weighted by Gasteiger charge is 2.21. The van der Waals surface area contributed by atoms with Gasteiger partial charge in [-0.25, -0.2) is 14.8 Å². The second-order valence-corrected chi connectivity index (χ2v) is 5.76. The molecule has 0 saturated heterocycles. The smallest absolute Gasteiger partial charge is 0.376 e. The van der Waals surface area contributed by atoms with Gasteiger partial charge in [-0.3, -0.25) is 0 Å². The normalized spacial score (nSPS) is 22.8. The lowest BCUT2D eigenvalue weighted by Gasteiger charge is -2.29. The van der Waals surface area contributed by atoms with Crippen LogP contribution in [0.2, 0.25) is 0 Å². The molecule has 6 heteroatoms. The Morgan fingerprint density at radius 1 is 1.53 bits per heavy atom. The van der Waals surface area contributed by atoms with Crippen molar-refractivity contribution in [2.45, 2.75) is 37.0 Å². The molecule has 1 aromatic rings. The largest absolute Gasteiger partial charge is 0.463 e. The average molecular weight is 281 g/mol. The van der Waals surface area contributed by atoms with Gasteiger partial charge in [-0.1, -0.05) is 6.42 Å². The number of anilines is 1. The molecule has 1 saturated carbocycles. The van der Waals surface area contributed by atoms with Crippen LogP contribution in [0, 0.1) is 0 Å². The Hall–Kier alpha value is -1.30. The molecule has 2 unspecified atom stereocenters. The van der Waals surface area contributed by atoms with E-state index >= 15 is 0 Å². The van der Waals surface area contributed by atoms with E-state index in [1.54, 1.807) is 12.3 Å². The number of thioether (sulfide) groups is 1. The molecule has 0 aromatic carbocycles. The van der Waals surface area contributed by atoms with E-state index in [0.717, 1.165) is 12.8 Å². The van der Waals surface area contributed by atoms with Crippen LogP contribution in [0.15, 0.2) is 12.3 Å². The minimum absolute atomic E-state index is 0.102. The molecule has 0 aliphatic heterocycles. The minimum Gasteiger partial charge on any atom is -0.463 e. The van der Waals surface area contributed by atoms with Crippen molar-refractivity contribution in [1.82, 2.24) is 9.97 Å². The highest BCUT2D eigenvalue weighted by atomic mass is 32.2. The van der Waals surface area contributed by atoms with Crippen molar-refractivity contribution in [3.63, 3.8) is 0 Å². The van der Waals surface area contributed by atoms with Gasteiger partial charge < -0.3 is 10.1 Å². The third kappa shape index (κ3) is 3.83. The molecule has 0 amide bonds. The summed E-state index contributed by atoms with van der Waals surface area (Å²) < 4.78 is 4.62. The van der Waals surface area contributed by atoms with E-state index in [-0.39, 0.29) is 5.82 Å². The van der Waals surface area contributed by atoms with Crippen LogP contribution in [-0.4, -0.2) is 40.6 Å². The number of carbonyl (C=O) groups is 1. The van der Waals surface area contributed by atoms with Crippen LogP contribution in [0.25, 0.3) is 0 Å². The lowest BCUT2D eigenvalue weighted by Crippen LogP contribution is -2.29. The number of nitrogens with zero attached hydrogens (tertiary/aromatic N) is 2. The highest BCUT2D eigenvalue weighted by Crippen LogP contribution is 2.28. The van der Waals surface area contributed by atoms with Gasteiger partial charge in [-0.2, -0.15) is 11.8 Å². The van der Waals surface area contributed by atoms with E-state index in [1.807, 2.05) is 11.8 Å². The number of rotatable bonds is 4. The third-order valence-corrected chi connectivity index (χ3v) is 4.43. The number of nitrogens with one attached hydrogen (secondary N) is 1. The molecule has 5 nitrogen and oxygen atoms in total. The molecule has 1 heterocycles. The molecule has 0 spiro atoms. The van der Waals surface area contributed by atoms with Crippen molar-refractivity contribution in [3.05, 3.63) is 18.1 Å². The number of hydrogen-bond acceptors (Lipinski definition) is 6. The van der Waals surface area contributed by atoms with Crippen LogP contribution in [0.3, 0.4) is 0 Å². The maximum absolute atomic E-state index is 11.4. The van der Waals surface area contributed by atoms with Crippen LogP contribution in [-0.2, 0) is 4.74 Å². The summed E-state index contributed by atoms with van der Waals surface area (Å²) in [7, 11) is 1.33. The first kappa shape index (κ1) is 14.1. The van der Waals surface area contributed by atoms with Crippen molar-refractivity contribution in [2.75, 3.05) is 18.7 Å². The minimum atomic E-state index is -0.505. The number of ether oxygens (including phenoxy) is 1. The van der Waals surface area contributed by atoms with Crippen molar-refractivity contribution < 1.29 is 9.53 Å². The van der Waals surface area contributed by atoms with Crippen molar-refractivity contribution >= 4 is 23.5 Å². The number of carbonyl (C=O) groups excluding carboxylic acids is 1. The maximum Gasteiger partial charge on any atom is 0.376 e. The summed E-state index contributed by atoms with van der Waals surface area (Å²) in [6, 6.07) is 2.21. The first-order valence-corrected chi connectivity index (χ1v) is 7.72. The summed E-state index contributed by atoms with van der Waals surface area (Å²) in [6.45, 7) is 0. The van der Waals surface area contributed by atoms with Crippen LogP contribution >= 0.6 is 11.8 Å². The Morgan fingerprint density at radius 2 is 2.37 bits per heavy atom. The highest BCUT2D eigenvalue weighted by molar-refractivity contribution is 7.99. The van der Waals surface area contributed by atoms with E-state index in [0.29, 0.717) is 17.1 Å². The Bertz CT molecular complexity index is 442. The Labute approximate surface area is 117 Å². The van der Waals surface area contributed by atoms with Gasteiger partial charge in [-0.05, 0) is 31.6 Å². The van der Waals surface area contributed by atoms with Crippen molar-refractivity contribution in [2.24, 2.45) is 0 Å². The molecule has 1 aliphatic carbocycles. The van der Waals surface area contributed by atoms with Crippen LogP contribution in [0.1, 0.15) is 36.3 Å². The third-order valence-electron chi connectivity index (χ3n) is 3.33. The molecular weight excluding hydrogens is 262 g/mol. The summed E-state index contributed by atoms with van der Waals surface area (Å²) in [5.41, 5.74) is 0. The Kier molecular flexibility index (Phi) is 5.01. The van der Waals surface area contributed by atoms with E-state index in [4.69, 9.17) is 0 Å². The monoisotopic (exact) mass is 281 g/mol. The van der Waals surface area contributed by atoms with Crippen LogP contribution in [0.4, 0.5) is 5.82 Å². The number of hydrogen-bond donors (Lipinski definition) is 1. The van der Waals surface area contributed by atoms with E-state index < -0.39 is 5.97 Å². The molecule has 104 valence electrons. The fourth-order valence-electron chi connectivity index (χ4n) is 2.33. The van der Waals surface area contributed by atoms with Gasteiger partial charge in [0.1, 0.15) is 5.82 Å². The average Bonchev–Trinajstić information content (AvgIpc) is 2.47. The molecule has 2 rings (SSSR count). The number of methoxy groups -OCH3 is 1. The predicted octanol–water partition coefficient (Wildman–Crippen LogP) is 2.35. The van der Waals surface area contributed by atoms with E-state index in [9.17, 15) is 4.79 Å². The zero-order chi connectivity index (χ0) is 13.7. The van der Waals surface area contributed by atoms with Crippen molar-refractivity contribution in [3.8, 4) is 0 Å². The molecule has 19 heavy (non-hydrogen) atoms. The molecule has 2 atom stereocenters. The summed E-state index contributed by atoms with van der Waals surface area (Å²) in [5.74, 6) is 0.293. The van der Waals surface area contributed by atoms with Crippen LogP contribution in [0.5, 0.6) is 0 Å². The molecule has 1 fully saturated rings. The zero-order valence-corrected chi connectivity index (χ0v) is 12.1. The molecule has 0 bridgehead atoms. The molecule has 1 aromatic heterocycles. The molecular formula is C13H19N3O2S. The molecule has 1 aliphatic rings. The summed E-state index contributed by atoms with van der Waals surface area (Å²) in [5, 5.41) is 4.11. The first-order chi connectivity index (χ1) is 9.22. The van der Waals surface area contributed by atoms with Gasteiger partial charge in [-0.15, -0.1) is 0 Å². The van der Waals surface area contributed by atoms with E-state index in [1.165, 1.54) is 20.0 Å². The topological polar surface area (TPSA) is 64.1 Å². The number of aromatic nitrogens is 2. The van der Waals surface area contributed by atoms with Crippen molar-refractivity contribution in [1.29, 1.82) is 0 Å². The quantitative estimate of drug-likeness (QED) is 0.855. The van der Waals surface area contributed by atoms with Gasteiger partial charge in [0.2, 0.25) is 5.82 Å². The number of esters is 1. The van der Waals surface area contributed by atoms with Gasteiger partial charge in [0, 0.05) is 17.5 Å². The van der Waals surface area contributed by atoms with Gasteiger partial charge >= 0.3 is 5.97 Å². The standard InChI is InChI=1S/C13H19N3O2S/c1-18-13(17)12-14-7-6-11(16-12)15-9-4-3-5-10(8-9)19-2/h6-7,9-10H,3-5,8H2,1-2H3,(H,14,15,16). The second kappa shape index (κ2) is 6.75. The summed E-state index contributed by atoms with van der Waals surface area (Å²) in [6.07, 6.45) is 8.55. The molecule has 1 N–H and O–H groups in total. The predicted molar refractivity (Wildman–Crippen MR) is 76.6 cm³/mol. The van der Waals surface area contributed by atoms with Crippen LogP contribution < -0.4 is 5.32 Å². The fourth-order valence-corrected chi connectivity index (χ4v) is 3.16. The lowest BCUT2D eigenvalue weighted by atomic mass is 9.95. The summed E-state index contributed by atoms with van der Waals surface area (Å²) in [4.78, 5) is 19.5. The fraction of sp³-hybridized carbons (Fsp3) is 0.615. The van der Waals surface area contributed by atoms with Gasteiger partial charge in [0.05, 0.1) is 7.11 Å².